The molecule has 0 aliphatic heterocycles. The quantitative estimate of drug-likeness (QED) is 0.371. The molecule has 0 aromatic carbocycles. The first-order valence-electron chi connectivity index (χ1n) is 7.42. The van der Waals surface area contributed by atoms with Gasteiger partial charge in [0.2, 0.25) is 5.88 Å². The molecule has 2 rings (SSSR count). The summed E-state index contributed by atoms with van der Waals surface area (Å²) in [6, 6.07) is 7.99. The summed E-state index contributed by atoms with van der Waals surface area (Å²) in [7, 11) is 0. The number of hydrogen-bond acceptors (Lipinski definition) is 4. The van der Waals surface area contributed by atoms with Crippen molar-refractivity contribution >= 4 is 41.3 Å². The number of halogens is 1. The Kier molecular flexibility index (Phi) is 9.61. The monoisotopic (exact) mass is 446 g/mol. The zero-order chi connectivity index (χ0) is 15.6. The summed E-state index contributed by atoms with van der Waals surface area (Å²) >= 11 is 1.75. The molecule has 0 amide bonds. The van der Waals surface area contributed by atoms with E-state index in [1.165, 1.54) is 4.88 Å². The van der Waals surface area contributed by atoms with Crippen molar-refractivity contribution in [2.75, 3.05) is 13.2 Å². The Morgan fingerprint density at radius 2 is 2.26 bits per heavy atom. The van der Waals surface area contributed by atoms with E-state index in [-0.39, 0.29) is 24.0 Å². The number of thiophene rings is 1. The van der Waals surface area contributed by atoms with Crippen molar-refractivity contribution in [2.24, 2.45) is 10.7 Å². The fourth-order valence-corrected chi connectivity index (χ4v) is 2.51. The van der Waals surface area contributed by atoms with Crippen LogP contribution in [0.4, 0.5) is 0 Å². The van der Waals surface area contributed by atoms with Crippen molar-refractivity contribution in [3.63, 3.8) is 0 Å². The van der Waals surface area contributed by atoms with Crippen molar-refractivity contribution in [3.05, 3.63) is 46.3 Å². The van der Waals surface area contributed by atoms with Crippen molar-refractivity contribution in [1.29, 1.82) is 0 Å². The van der Waals surface area contributed by atoms with Crippen LogP contribution < -0.4 is 15.8 Å². The number of nitrogens with one attached hydrogen (secondary N) is 1. The minimum Gasteiger partial charge on any atom is -0.478 e. The van der Waals surface area contributed by atoms with Gasteiger partial charge in [0.05, 0.1) is 13.2 Å². The molecule has 126 valence electrons. The maximum Gasteiger partial charge on any atom is 0.213 e. The molecule has 0 fully saturated rings. The number of rotatable bonds is 8. The van der Waals surface area contributed by atoms with Crippen LogP contribution in [0.2, 0.25) is 0 Å². The van der Waals surface area contributed by atoms with E-state index < -0.39 is 0 Å². The average molecular weight is 446 g/mol. The molecule has 0 aliphatic rings. The maximum absolute atomic E-state index is 5.85. The highest BCUT2D eigenvalue weighted by Gasteiger charge is 1.98. The summed E-state index contributed by atoms with van der Waals surface area (Å²) in [4.78, 5) is 9.89. The summed E-state index contributed by atoms with van der Waals surface area (Å²) < 4.78 is 5.44. The minimum absolute atomic E-state index is 0. The topological polar surface area (TPSA) is 72.5 Å². The molecule has 2 aromatic heterocycles. The van der Waals surface area contributed by atoms with Gasteiger partial charge in [-0.15, -0.1) is 35.3 Å². The molecule has 7 heteroatoms. The number of guanidine groups is 1. The molecule has 2 heterocycles. The molecule has 0 bridgehead atoms. The van der Waals surface area contributed by atoms with Gasteiger partial charge in [-0.1, -0.05) is 19.1 Å². The van der Waals surface area contributed by atoms with Crippen molar-refractivity contribution in [3.8, 4) is 5.88 Å². The summed E-state index contributed by atoms with van der Waals surface area (Å²) in [5.74, 6) is 1.11. The van der Waals surface area contributed by atoms with Gasteiger partial charge in [0.15, 0.2) is 5.96 Å². The lowest BCUT2D eigenvalue weighted by atomic mass is 10.3. The number of aromatic nitrogens is 1. The van der Waals surface area contributed by atoms with Crippen molar-refractivity contribution < 1.29 is 4.74 Å². The molecule has 0 aliphatic carbocycles. The van der Waals surface area contributed by atoms with Gasteiger partial charge >= 0.3 is 0 Å². The first-order valence-corrected chi connectivity index (χ1v) is 8.30. The predicted octanol–water partition coefficient (Wildman–Crippen LogP) is 3.20. The number of pyridine rings is 1. The SMILES string of the molecule is CCCOc1ccc(CN=C(N)NCCc2cccs2)cn1.I. The van der Waals surface area contributed by atoms with E-state index in [1.807, 2.05) is 12.1 Å². The van der Waals surface area contributed by atoms with Crippen LogP contribution in [0.3, 0.4) is 0 Å². The average Bonchev–Trinajstić information content (AvgIpc) is 3.05. The van der Waals surface area contributed by atoms with Crippen molar-refractivity contribution in [2.45, 2.75) is 26.3 Å². The summed E-state index contributed by atoms with van der Waals surface area (Å²) in [6.45, 7) is 4.06. The highest BCUT2D eigenvalue weighted by atomic mass is 127. The highest BCUT2D eigenvalue weighted by molar-refractivity contribution is 14.0. The Bertz CT molecular complexity index is 572. The molecular weight excluding hydrogens is 423 g/mol. The van der Waals surface area contributed by atoms with Gasteiger partial charge in [-0.2, -0.15) is 0 Å². The van der Waals surface area contributed by atoms with Gasteiger partial charge in [0.25, 0.3) is 0 Å². The van der Waals surface area contributed by atoms with Crippen LogP contribution in [-0.2, 0) is 13.0 Å². The van der Waals surface area contributed by atoms with E-state index in [1.54, 1.807) is 17.5 Å². The van der Waals surface area contributed by atoms with Crippen molar-refractivity contribution in [1.82, 2.24) is 10.3 Å². The van der Waals surface area contributed by atoms with E-state index in [9.17, 15) is 0 Å². The van der Waals surface area contributed by atoms with Crippen LogP contribution in [0, 0.1) is 0 Å². The second-order valence-corrected chi connectivity index (χ2v) is 5.84. The molecule has 0 atom stereocenters. The van der Waals surface area contributed by atoms with E-state index in [4.69, 9.17) is 10.5 Å². The van der Waals surface area contributed by atoms with Gasteiger partial charge in [-0.05, 0) is 29.9 Å². The zero-order valence-electron chi connectivity index (χ0n) is 13.2. The largest absolute Gasteiger partial charge is 0.478 e. The van der Waals surface area contributed by atoms with E-state index in [0.29, 0.717) is 25.0 Å². The Labute approximate surface area is 158 Å². The molecule has 3 N–H and O–H groups in total. The molecule has 23 heavy (non-hydrogen) atoms. The summed E-state index contributed by atoms with van der Waals surface area (Å²) in [6.07, 6.45) is 3.70. The lowest BCUT2D eigenvalue weighted by molar-refractivity contribution is 0.305. The second-order valence-electron chi connectivity index (χ2n) is 4.81. The smallest absolute Gasteiger partial charge is 0.213 e. The van der Waals surface area contributed by atoms with Crippen LogP contribution in [0.1, 0.15) is 23.8 Å². The Morgan fingerprint density at radius 3 is 2.91 bits per heavy atom. The molecule has 0 unspecified atom stereocenters. The number of ether oxygens (including phenoxy) is 1. The lowest BCUT2D eigenvalue weighted by Gasteiger charge is -2.05. The molecule has 0 saturated heterocycles. The fourth-order valence-electron chi connectivity index (χ4n) is 1.80. The molecule has 5 nitrogen and oxygen atoms in total. The first-order chi connectivity index (χ1) is 10.8. The van der Waals surface area contributed by atoms with Crippen LogP contribution in [0.25, 0.3) is 0 Å². The molecule has 0 saturated carbocycles. The van der Waals surface area contributed by atoms with Crippen LogP contribution in [-0.4, -0.2) is 24.1 Å². The third-order valence-corrected chi connectivity index (χ3v) is 3.88. The van der Waals surface area contributed by atoms with Crippen LogP contribution in [0.15, 0.2) is 40.8 Å². The maximum atomic E-state index is 5.85. The van der Waals surface area contributed by atoms with Crippen LogP contribution >= 0.6 is 35.3 Å². The molecule has 2 aromatic rings. The Balaban J connectivity index is 0.00000264. The van der Waals surface area contributed by atoms with Crippen LogP contribution in [0.5, 0.6) is 5.88 Å². The van der Waals surface area contributed by atoms with Gasteiger partial charge in [0, 0.05) is 23.7 Å². The lowest BCUT2D eigenvalue weighted by Crippen LogP contribution is -2.33. The first kappa shape index (κ1) is 19.7. The summed E-state index contributed by atoms with van der Waals surface area (Å²) in [5.41, 5.74) is 6.86. The standard InChI is InChI=1S/C16H22N4OS.HI/c1-2-9-21-15-6-5-13(11-19-15)12-20-16(17)18-8-7-14-4-3-10-22-14;/h3-6,10-11H,2,7-9,12H2,1H3,(H3,17,18,20);1H. The second kappa shape index (κ2) is 11.2. The summed E-state index contributed by atoms with van der Waals surface area (Å²) in [5, 5.41) is 5.20. The number of nitrogens with two attached hydrogens (primary N) is 1. The Hall–Kier alpha value is -1.35. The predicted molar refractivity (Wildman–Crippen MR) is 107 cm³/mol. The molecule has 0 radical (unpaired) electrons. The van der Waals surface area contributed by atoms with E-state index in [2.05, 4.69) is 39.7 Å². The third-order valence-electron chi connectivity index (χ3n) is 2.94. The number of nitrogens with zero attached hydrogens (tertiary/aromatic N) is 2. The Morgan fingerprint density at radius 1 is 1.39 bits per heavy atom. The van der Waals surface area contributed by atoms with Gasteiger partial charge in [0.1, 0.15) is 0 Å². The third kappa shape index (κ3) is 7.65. The van der Waals surface area contributed by atoms with Gasteiger partial charge < -0.3 is 15.8 Å². The molecular formula is C16H23IN4OS. The fraction of sp³-hybridized carbons (Fsp3) is 0.375. The molecule has 0 spiro atoms. The normalized spacial score (nSPS) is 10.9. The highest BCUT2D eigenvalue weighted by Crippen LogP contribution is 2.09. The van der Waals surface area contributed by atoms with E-state index in [0.717, 1.165) is 24.9 Å². The van der Waals surface area contributed by atoms with Gasteiger partial charge in [-0.3, -0.25) is 0 Å². The van der Waals surface area contributed by atoms with E-state index >= 15 is 0 Å². The number of aliphatic imine (C=N–C) groups is 1. The minimum atomic E-state index is 0. The van der Waals surface area contributed by atoms with Gasteiger partial charge in [-0.25, -0.2) is 9.98 Å². The zero-order valence-corrected chi connectivity index (χ0v) is 16.3. The number of hydrogen-bond donors (Lipinski definition) is 2.